The number of aryl methyl sites for hydroxylation is 3. The Hall–Kier alpha value is -2.36. The standard InChI is InChI=1S/C18H20FNO2/c1-5-13-9-17(14(10-15(13)19)18(21)22-4)20-16-7-6-11(2)8-12(16)3/h6-10,20H,5H2,1-4H3. The molecule has 1 N–H and O–H groups in total. The molecule has 0 amide bonds. The minimum atomic E-state index is -0.561. The number of methoxy groups -OCH3 is 1. The van der Waals surface area contributed by atoms with Gasteiger partial charge >= 0.3 is 5.97 Å². The van der Waals surface area contributed by atoms with Crippen LogP contribution in [-0.4, -0.2) is 13.1 Å². The van der Waals surface area contributed by atoms with Crippen molar-refractivity contribution >= 4 is 17.3 Å². The summed E-state index contributed by atoms with van der Waals surface area (Å²) in [4.78, 5) is 11.9. The molecule has 2 aromatic carbocycles. The molecule has 0 spiro atoms. The summed E-state index contributed by atoms with van der Waals surface area (Å²) < 4.78 is 18.7. The molecular formula is C18H20FNO2. The zero-order valence-corrected chi connectivity index (χ0v) is 13.3. The van der Waals surface area contributed by atoms with Crippen LogP contribution in [0.25, 0.3) is 0 Å². The Kier molecular flexibility index (Phi) is 4.81. The number of hydrogen-bond acceptors (Lipinski definition) is 3. The summed E-state index contributed by atoms with van der Waals surface area (Å²) in [7, 11) is 1.29. The molecule has 0 aliphatic carbocycles. The van der Waals surface area contributed by atoms with Crippen molar-refractivity contribution in [2.24, 2.45) is 0 Å². The lowest BCUT2D eigenvalue weighted by Crippen LogP contribution is -2.08. The van der Waals surface area contributed by atoms with Crippen LogP contribution in [0.15, 0.2) is 30.3 Å². The fourth-order valence-corrected chi connectivity index (χ4v) is 2.37. The summed E-state index contributed by atoms with van der Waals surface area (Å²) in [6, 6.07) is 8.87. The monoisotopic (exact) mass is 301 g/mol. The highest BCUT2D eigenvalue weighted by Gasteiger charge is 2.16. The van der Waals surface area contributed by atoms with Crippen molar-refractivity contribution in [3.63, 3.8) is 0 Å². The van der Waals surface area contributed by atoms with E-state index in [0.29, 0.717) is 17.7 Å². The predicted octanol–water partition coefficient (Wildman–Crippen LogP) is 4.54. The van der Waals surface area contributed by atoms with Gasteiger partial charge in [-0.3, -0.25) is 0 Å². The van der Waals surface area contributed by atoms with Crippen molar-refractivity contribution < 1.29 is 13.9 Å². The molecule has 2 aromatic rings. The van der Waals surface area contributed by atoms with Gasteiger partial charge in [0, 0.05) is 5.69 Å². The summed E-state index contributed by atoms with van der Waals surface area (Å²) in [6.45, 7) is 5.87. The van der Waals surface area contributed by atoms with Crippen molar-refractivity contribution in [2.45, 2.75) is 27.2 Å². The summed E-state index contributed by atoms with van der Waals surface area (Å²) in [5.41, 5.74) is 4.39. The lowest BCUT2D eigenvalue weighted by molar-refractivity contribution is 0.0601. The van der Waals surface area contributed by atoms with E-state index in [-0.39, 0.29) is 5.56 Å². The van der Waals surface area contributed by atoms with Crippen LogP contribution >= 0.6 is 0 Å². The van der Waals surface area contributed by atoms with Gasteiger partial charge in [-0.05, 0) is 49.6 Å². The third-order valence-corrected chi connectivity index (χ3v) is 3.62. The molecule has 0 heterocycles. The maximum Gasteiger partial charge on any atom is 0.340 e. The normalized spacial score (nSPS) is 10.4. The summed E-state index contributed by atoms with van der Waals surface area (Å²) in [6.07, 6.45) is 0.550. The van der Waals surface area contributed by atoms with E-state index in [1.165, 1.54) is 13.2 Å². The fraction of sp³-hybridized carbons (Fsp3) is 0.278. The lowest BCUT2D eigenvalue weighted by atomic mass is 10.0. The van der Waals surface area contributed by atoms with E-state index >= 15 is 0 Å². The lowest BCUT2D eigenvalue weighted by Gasteiger charge is -2.15. The van der Waals surface area contributed by atoms with Crippen molar-refractivity contribution in [2.75, 3.05) is 12.4 Å². The predicted molar refractivity (Wildman–Crippen MR) is 86.3 cm³/mol. The first-order valence-corrected chi connectivity index (χ1v) is 7.21. The molecule has 116 valence electrons. The molecule has 0 radical (unpaired) electrons. The third-order valence-electron chi connectivity index (χ3n) is 3.62. The van der Waals surface area contributed by atoms with Gasteiger partial charge in [0.05, 0.1) is 18.4 Å². The third kappa shape index (κ3) is 3.27. The minimum absolute atomic E-state index is 0.192. The Morgan fingerprint density at radius 1 is 1.18 bits per heavy atom. The van der Waals surface area contributed by atoms with Crippen molar-refractivity contribution in [1.82, 2.24) is 0 Å². The van der Waals surface area contributed by atoms with Gasteiger partial charge in [0.2, 0.25) is 0 Å². The van der Waals surface area contributed by atoms with Crippen molar-refractivity contribution in [3.8, 4) is 0 Å². The van der Waals surface area contributed by atoms with Gasteiger partial charge < -0.3 is 10.1 Å². The average molecular weight is 301 g/mol. The van der Waals surface area contributed by atoms with Crippen LogP contribution in [0.3, 0.4) is 0 Å². The smallest absolute Gasteiger partial charge is 0.340 e. The average Bonchev–Trinajstić information content (AvgIpc) is 2.50. The second-order valence-electron chi connectivity index (χ2n) is 5.28. The van der Waals surface area contributed by atoms with Gasteiger partial charge in [-0.25, -0.2) is 9.18 Å². The van der Waals surface area contributed by atoms with E-state index in [1.807, 2.05) is 39.0 Å². The molecule has 0 saturated heterocycles. The Balaban J connectivity index is 2.50. The molecule has 0 bridgehead atoms. The Morgan fingerprint density at radius 3 is 2.50 bits per heavy atom. The number of benzene rings is 2. The van der Waals surface area contributed by atoms with Gasteiger partial charge in [-0.2, -0.15) is 0 Å². The molecule has 22 heavy (non-hydrogen) atoms. The van der Waals surface area contributed by atoms with Crippen LogP contribution < -0.4 is 5.32 Å². The van der Waals surface area contributed by atoms with E-state index in [0.717, 1.165) is 16.8 Å². The second kappa shape index (κ2) is 6.60. The zero-order valence-electron chi connectivity index (χ0n) is 13.3. The summed E-state index contributed by atoms with van der Waals surface area (Å²) in [5.74, 6) is -0.956. The first-order chi connectivity index (χ1) is 10.5. The molecule has 0 aromatic heterocycles. The number of anilines is 2. The van der Waals surface area contributed by atoms with Crippen molar-refractivity contribution in [3.05, 3.63) is 58.4 Å². The number of carbonyl (C=O) groups is 1. The SMILES string of the molecule is CCc1cc(Nc2ccc(C)cc2C)c(C(=O)OC)cc1F. The van der Waals surface area contributed by atoms with E-state index in [9.17, 15) is 9.18 Å². The van der Waals surface area contributed by atoms with Crippen LogP contribution in [0, 0.1) is 19.7 Å². The number of rotatable bonds is 4. The van der Waals surface area contributed by atoms with Crippen LogP contribution in [0.2, 0.25) is 0 Å². The zero-order chi connectivity index (χ0) is 16.3. The molecule has 2 rings (SSSR count). The van der Waals surface area contributed by atoms with Crippen LogP contribution in [0.4, 0.5) is 15.8 Å². The molecule has 0 aliphatic rings. The number of hydrogen-bond donors (Lipinski definition) is 1. The summed E-state index contributed by atoms with van der Waals surface area (Å²) >= 11 is 0. The van der Waals surface area contributed by atoms with E-state index < -0.39 is 11.8 Å². The Labute approximate surface area is 130 Å². The molecule has 0 unspecified atom stereocenters. The van der Waals surface area contributed by atoms with Crippen molar-refractivity contribution in [1.29, 1.82) is 0 Å². The number of esters is 1. The number of carbonyl (C=O) groups excluding carboxylic acids is 1. The minimum Gasteiger partial charge on any atom is -0.465 e. The Morgan fingerprint density at radius 2 is 1.91 bits per heavy atom. The van der Waals surface area contributed by atoms with Gasteiger partial charge in [0.1, 0.15) is 5.82 Å². The highest BCUT2D eigenvalue weighted by molar-refractivity contribution is 5.96. The molecule has 3 nitrogen and oxygen atoms in total. The molecule has 0 aliphatic heterocycles. The molecule has 0 saturated carbocycles. The van der Waals surface area contributed by atoms with Crippen LogP contribution in [-0.2, 0) is 11.2 Å². The molecule has 0 fully saturated rings. The van der Waals surface area contributed by atoms with Gasteiger partial charge in [0.25, 0.3) is 0 Å². The Bertz CT molecular complexity index is 710. The van der Waals surface area contributed by atoms with Crippen LogP contribution in [0.5, 0.6) is 0 Å². The quantitative estimate of drug-likeness (QED) is 0.843. The highest BCUT2D eigenvalue weighted by atomic mass is 19.1. The molecule has 0 atom stereocenters. The van der Waals surface area contributed by atoms with E-state index in [4.69, 9.17) is 4.74 Å². The second-order valence-corrected chi connectivity index (χ2v) is 5.28. The largest absolute Gasteiger partial charge is 0.465 e. The first-order valence-electron chi connectivity index (χ1n) is 7.21. The highest BCUT2D eigenvalue weighted by Crippen LogP contribution is 2.27. The maximum absolute atomic E-state index is 14.0. The number of nitrogens with one attached hydrogen (secondary N) is 1. The van der Waals surface area contributed by atoms with Crippen LogP contribution in [0.1, 0.15) is 34.0 Å². The number of ether oxygens (including phenoxy) is 1. The topological polar surface area (TPSA) is 38.3 Å². The van der Waals surface area contributed by atoms with Gasteiger partial charge in [0.15, 0.2) is 0 Å². The van der Waals surface area contributed by atoms with Gasteiger partial charge in [-0.1, -0.05) is 24.6 Å². The molecular weight excluding hydrogens is 281 g/mol. The van der Waals surface area contributed by atoms with Gasteiger partial charge in [-0.15, -0.1) is 0 Å². The fourth-order valence-electron chi connectivity index (χ4n) is 2.37. The maximum atomic E-state index is 14.0. The molecule has 4 heteroatoms. The summed E-state index contributed by atoms with van der Waals surface area (Å²) in [5, 5.41) is 3.22. The van der Waals surface area contributed by atoms with E-state index in [1.54, 1.807) is 6.07 Å². The first kappa shape index (κ1) is 16.0. The number of halogens is 1. The van der Waals surface area contributed by atoms with E-state index in [2.05, 4.69) is 5.32 Å².